The molecule has 0 spiro atoms. The minimum atomic E-state index is -0.232. The zero-order valence-corrected chi connectivity index (χ0v) is 20.5. The third kappa shape index (κ3) is 4.71. The zero-order chi connectivity index (χ0) is 23.9. The molecule has 5 heteroatoms. The number of hydrogen-bond acceptors (Lipinski definition) is 4. The lowest BCUT2D eigenvalue weighted by Crippen LogP contribution is -2.39. The molecule has 2 aromatic carbocycles. The standard InChI is InChI=1S/C30H34FN3O/c1-19-14-22(16-23(31)15-19)21-6-11-28-26(17-21)29(27(18-32-28)30(35)20-4-5-20)33-24-7-9-25(10-8-24)34-12-2-3-13-34/h6,11,14-18,20,24-25H,2-5,7-10,12-13H2,1H3,(H,32,33)/t24-,25-. The second-order valence-corrected chi connectivity index (χ2v) is 10.8. The quantitative estimate of drug-likeness (QED) is 0.403. The molecule has 1 aliphatic heterocycles. The first-order valence-electron chi connectivity index (χ1n) is 13.3. The van der Waals surface area contributed by atoms with Crippen LogP contribution < -0.4 is 5.32 Å². The number of nitrogens with zero attached hydrogens (tertiary/aromatic N) is 2. The molecule has 2 aliphatic carbocycles. The fraction of sp³-hybridized carbons (Fsp3) is 0.467. The number of hydrogen-bond donors (Lipinski definition) is 1. The predicted molar refractivity (Wildman–Crippen MR) is 139 cm³/mol. The summed E-state index contributed by atoms with van der Waals surface area (Å²) < 4.78 is 14.2. The van der Waals surface area contributed by atoms with E-state index in [1.165, 1.54) is 38.8 Å². The Bertz CT molecular complexity index is 1230. The van der Waals surface area contributed by atoms with Gasteiger partial charge in [0.2, 0.25) is 0 Å². The van der Waals surface area contributed by atoms with Crippen molar-refractivity contribution in [3.63, 3.8) is 0 Å². The van der Waals surface area contributed by atoms with Gasteiger partial charge in [-0.15, -0.1) is 0 Å². The second-order valence-electron chi connectivity index (χ2n) is 10.8. The SMILES string of the molecule is Cc1cc(F)cc(-c2ccc3ncc(C(=O)C4CC4)c(N[C@H]4CC[C@H](N5CCCC5)CC4)c3c2)c1. The maximum absolute atomic E-state index is 14.2. The normalized spacial score (nSPS) is 23.0. The van der Waals surface area contributed by atoms with Gasteiger partial charge in [0.1, 0.15) is 5.82 Å². The van der Waals surface area contributed by atoms with Crippen molar-refractivity contribution in [1.82, 2.24) is 9.88 Å². The summed E-state index contributed by atoms with van der Waals surface area (Å²) in [6.07, 6.45) is 11.0. The van der Waals surface area contributed by atoms with Crippen LogP contribution in [0.25, 0.3) is 22.0 Å². The van der Waals surface area contributed by atoms with E-state index in [0.717, 1.165) is 59.0 Å². The van der Waals surface area contributed by atoms with Crippen LogP contribution in [0.5, 0.6) is 0 Å². The average Bonchev–Trinajstić information content (AvgIpc) is 3.57. The predicted octanol–water partition coefficient (Wildman–Crippen LogP) is 6.76. The topological polar surface area (TPSA) is 45.2 Å². The number of aromatic nitrogens is 1. The van der Waals surface area contributed by atoms with Crippen molar-refractivity contribution in [2.75, 3.05) is 18.4 Å². The molecular formula is C30H34FN3O. The van der Waals surface area contributed by atoms with Crippen LogP contribution in [0.1, 0.15) is 67.3 Å². The van der Waals surface area contributed by atoms with E-state index in [4.69, 9.17) is 0 Å². The first-order valence-corrected chi connectivity index (χ1v) is 13.3. The van der Waals surface area contributed by atoms with Gasteiger partial charge in [0.15, 0.2) is 5.78 Å². The van der Waals surface area contributed by atoms with Gasteiger partial charge >= 0.3 is 0 Å². The Kier molecular flexibility index (Phi) is 6.05. The van der Waals surface area contributed by atoms with Gasteiger partial charge in [-0.3, -0.25) is 9.78 Å². The van der Waals surface area contributed by atoms with Crippen LogP contribution in [0.2, 0.25) is 0 Å². The lowest BCUT2D eigenvalue weighted by Gasteiger charge is -2.35. The van der Waals surface area contributed by atoms with Gasteiger partial charge in [0, 0.05) is 29.6 Å². The molecule has 1 saturated heterocycles. The highest BCUT2D eigenvalue weighted by atomic mass is 19.1. The molecule has 35 heavy (non-hydrogen) atoms. The van der Waals surface area contributed by atoms with E-state index < -0.39 is 0 Å². The van der Waals surface area contributed by atoms with E-state index in [0.29, 0.717) is 17.6 Å². The Hall–Kier alpha value is -2.79. The van der Waals surface area contributed by atoms with E-state index in [1.54, 1.807) is 18.3 Å². The molecule has 1 N–H and O–H groups in total. The molecule has 3 aliphatic rings. The summed E-state index contributed by atoms with van der Waals surface area (Å²) >= 11 is 0. The summed E-state index contributed by atoms with van der Waals surface area (Å²) in [5, 5.41) is 4.77. The van der Waals surface area contributed by atoms with Crippen LogP contribution in [0.4, 0.5) is 10.1 Å². The van der Waals surface area contributed by atoms with Crippen molar-refractivity contribution in [2.45, 2.75) is 70.4 Å². The first-order chi connectivity index (χ1) is 17.0. The van der Waals surface area contributed by atoms with Crippen molar-refractivity contribution >= 4 is 22.4 Å². The number of anilines is 1. The molecule has 4 nitrogen and oxygen atoms in total. The van der Waals surface area contributed by atoms with E-state index in [-0.39, 0.29) is 17.5 Å². The molecule has 0 radical (unpaired) electrons. The maximum Gasteiger partial charge on any atom is 0.169 e. The van der Waals surface area contributed by atoms with Crippen molar-refractivity contribution in [3.05, 3.63) is 59.5 Å². The van der Waals surface area contributed by atoms with Gasteiger partial charge in [-0.05, 0) is 112 Å². The number of halogens is 1. The number of ketones is 1. The van der Waals surface area contributed by atoms with Crippen LogP contribution in [0.15, 0.2) is 42.6 Å². The number of carbonyl (C=O) groups excluding carboxylic acids is 1. The van der Waals surface area contributed by atoms with E-state index >= 15 is 0 Å². The van der Waals surface area contributed by atoms with Crippen LogP contribution in [-0.2, 0) is 0 Å². The number of likely N-dealkylation sites (tertiary alicyclic amines) is 1. The lowest BCUT2D eigenvalue weighted by atomic mass is 9.89. The zero-order valence-electron chi connectivity index (χ0n) is 20.5. The monoisotopic (exact) mass is 471 g/mol. The number of pyridine rings is 1. The van der Waals surface area contributed by atoms with E-state index in [1.807, 2.05) is 25.1 Å². The Morgan fingerprint density at radius 3 is 2.46 bits per heavy atom. The summed E-state index contributed by atoms with van der Waals surface area (Å²) in [6, 6.07) is 12.3. The van der Waals surface area contributed by atoms with Crippen LogP contribution in [0.3, 0.4) is 0 Å². The smallest absolute Gasteiger partial charge is 0.169 e. The molecule has 2 saturated carbocycles. The molecule has 6 rings (SSSR count). The van der Waals surface area contributed by atoms with Crippen molar-refractivity contribution in [3.8, 4) is 11.1 Å². The summed E-state index contributed by atoms with van der Waals surface area (Å²) in [5.41, 5.74) is 5.19. The minimum absolute atomic E-state index is 0.134. The number of benzene rings is 2. The van der Waals surface area contributed by atoms with E-state index in [2.05, 4.69) is 21.3 Å². The Morgan fingerprint density at radius 1 is 0.971 bits per heavy atom. The minimum Gasteiger partial charge on any atom is -0.381 e. The van der Waals surface area contributed by atoms with Crippen molar-refractivity contribution in [2.24, 2.45) is 5.92 Å². The summed E-state index contributed by atoms with van der Waals surface area (Å²) in [7, 11) is 0. The Balaban J connectivity index is 1.34. The highest BCUT2D eigenvalue weighted by Crippen LogP contribution is 2.39. The Labute approximate surface area is 206 Å². The molecular weight excluding hydrogens is 437 g/mol. The fourth-order valence-electron chi connectivity index (χ4n) is 6.08. The van der Waals surface area contributed by atoms with Crippen molar-refractivity contribution < 1.29 is 9.18 Å². The van der Waals surface area contributed by atoms with Crippen LogP contribution in [-0.4, -0.2) is 40.8 Å². The summed E-state index contributed by atoms with van der Waals surface area (Å²) in [4.78, 5) is 20.6. The lowest BCUT2D eigenvalue weighted by molar-refractivity contribution is 0.0968. The van der Waals surface area contributed by atoms with Gasteiger partial charge in [-0.2, -0.15) is 0 Å². The number of aryl methyl sites for hydroxylation is 1. The molecule has 0 bridgehead atoms. The second kappa shape index (κ2) is 9.34. The summed E-state index contributed by atoms with van der Waals surface area (Å²) in [6.45, 7) is 4.41. The first kappa shape index (κ1) is 22.7. The van der Waals surface area contributed by atoms with Gasteiger partial charge in [0.05, 0.1) is 16.8 Å². The molecule has 3 aromatic rings. The summed E-state index contributed by atoms with van der Waals surface area (Å²) in [5.74, 6) is 0.110. The maximum atomic E-state index is 14.2. The van der Waals surface area contributed by atoms with Crippen LogP contribution in [0, 0.1) is 18.7 Å². The van der Waals surface area contributed by atoms with Crippen LogP contribution >= 0.6 is 0 Å². The number of Topliss-reactive ketones (excluding diaryl/α,β-unsaturated/α-hetero) is 1. The molecule has 0 atom stereocenters. The molecule has 182 valence electrons. The number of carbonyl (C=O) groups is 1. The van der Waals surface area contributed by atoms with Gasteiger partial charge in [-0.1, -0.05) is 12.1 Å². The number of rotatable bonds is 6. The average molecular weight is 472 g/mol. The highest BCUT2D eigenvalue weighted by Gasteiger charge is 2.34. The molecule has 2 heterocycles. The van der Waals surface area contributed by atoms with E-state index in [9.17, 15) is 9.18 Å². The number of nitrogens with one attached hydrogen (secondary N) is 1. The fourth-order valence-corrected chi connectivity index (χ4v) is 6.08. The van der Waals surface area contributed by atoms with Gasteiger partial charge < -0.3 is 10.2 Å². The Morgan fingerprint density at radius 2 is 1.74 bits per heavy atom. The largest absolute Gasteiger partial charge is 0.381 e. The highest BCUT2D eigenvalue weighted by molar-refractivity contribution is 6.10. The van der Waals surface area contributed by atoms with Gasteiger partial charge in [0.25, 0.3) is 0 Å². The third-order valence-corrected chi connectivity index (χ3v) is 8.16. The van der Waals surface area contributed by atoms with Gasteiger partial charge in [-0.25, -0.2) is 4.39 Å². The molecule has 0 unspecified atom stereocenters. The third-order valence-electron chi connectivity index (χ3n) is 8.16. The van der Waals surface area contributed by atoms with Crippen molar-refractivity contribution in [1.29, 1.82) is 0 Å². The number of fused-ring (bicyclic) bond motifs is 1. The molecule has 3 fully saturated rings. The molecule has 1 aromatic heterocycles. The molecule has 0 amide bonds.